The highest BCUT2D eigenvalue weighted by molar-refractivity contribution is 5.57. The number of aliphatic hydroxyl groups excluding tert-OH is 3. The van der Waals surface area contributed by atoms with Crippen molar-refractivity contribution < 1.29 is 20.1 Å². The predicted octanol–water partition coefficient (Wildman–Crippen LogP) is 0.821. The van der Waals surface area contributed by atoms with Crippen LogP contribution in [0.4, 0.5) is 11.4 Å². The summed E-state index contributed by atoms with van der Waals surface area (Å²) in [5.74, 6) is 0. The Morgan fingerprint density at radius 3 is 1.73 bits per heavy atom. The highest BCUT2D eigenvalue weighted by Gasteiger charge is 2.51. The molecule has 4 rings (SSSR count). The van der Waals surface area contributed by atoms with Gasteiger partial charge in [-0.25, -0.2) is 0 Å². The Morgan fingerprint density at radius 1 is 0.808 bits per heavy atom. The Kier molecular flexibility index (Phi) is 4.82. The topological polar surface area (TPSA) is 76.4 Å². The average Bonchev–Trinajstić information content (AvgIpc) is 3.25. The molecule has 3 N–H and O–H groups in total. The fourth-order valence-electron chi connectivity index (χ4n) is 3.98. The van der Waals surface area contributed by atoms with Crippen molar-refractivity contribution in [1.29, 1.82) is 0 Å². The fourth-order valence-corrected chi connectivity index (χ4v) is 3.98. The van der Waals surface area contributed by atoms with E-state index in [9.17, 15) is 15.3 Å². The maximum absolute atomic E-state index is 10.6. The lowest BCUT2D eigenvalue weighted by Gasteiger charge is -2.37. The number of ether oxygens (including phenoxy) is 1. The van der Waals surface area contributed by atoms with E-state index in [0.29, 0.717) is 0 Å². The van der Waals surface area contributed by atoms with Crippen molar-refractivity contribution in [3.8, 4) is 0 Å². The van der Waals surface area contributed by atoms with Gasteiger partial charge in [0.25, 0.3) is 0 Å². The fraction of sp³-hybridized carbons (Fsp3) is 0.400. The van der Waals surface area contributed by atoms with Gasteiger partial charge in [0.05, 0.1) is 6.61 Å². The van der Waals surface area contributed by atoms with Gasteiger partial charge in [0.1, 0.15) is 30.6 Å². The van der Waals surface area contributed by atoms with E-state index in [0.717, 1.165) is 24.5 Å². The standard InChI is InChI=1S/C20H24N2O4/c23-13-16-17(24)18(25)19(26-16)20-21(14-7-3-1-4-8-14)11-12-22(20)15-9-5-2-6-10-15/h1-10,16-20,23-25H,11-13H2/t16-,17-,18-,19-/m1/s1. The van der Waals surface area contributed by atoms with E-state index in [-0.39, 0.29) is 12.8 Å². The van der Waals surface area contributed by atoms with E-state index in [1.165, 1.54) is 0 Å². The molecule has 6 heteroatoms. The summed E-state index contributed by atoms with van der Waals surface area (Å²) < 4.78 is 5.89. The second-order valence-corrected chi connectivity index (χ2v) is 6.77. The number of hydrogen-bond donors (Lipinski definition) is 3. The minimum absolute atomic E-state index is 0.277. The van der Waals surface area contributed by atoms with Crippen LogP contribution in [0.3, 0.4) is 0 Å². The molecule has 2 heterocycles. The second-order valence-electron chi connectivity index (χ2n) is 6.77. The van der Waals surface area contributed by atoms with Gasteiger partial charge in [-0.2, -0.15) is 0 Å². The molecule has 0 aromatic heterocycles. The normalized spacial score (nSPS) is 29.5. The van der Waals surface area contributed by atoms with Crippen molar-refractivity contribution in [2.45, 2.75) is 30.6 Å². The van der Waals surface area contributed by atoms with Crippen molar-refractivity contribution in [3.63, 3.8) is 0 Å². The average molecular weight is 356 g/mol. The van der Waals surface area contributed by atoms with Crippen molar-refractivity contribution >= 4 is 11.4 Å². The molecule has 2 aromatic rings. The van der Waals surface area contributed by atoms with E-state index in [4.69, 9.17) is 4.74 Å². The molecular weight excluding hydrogens is 332 g/mol. The lowest BCUT2D eigenvalue weighted by atomic mass is 10.0. The third-order valence-corrected chi connectivity index (χ3v) is 5.27. The minimum atomic E-state index is -1.10. The van der Waals surface area contributed by atoms with Crippen LogP contribution < -0.4 is 9.80 Å². The first-order chi connectivity index (χ1) is 12.7. The molecule has 6 nitrogen and oxygen atoms in total. The lowest BCUT2D eigenvalue weighted by Crippen LogP contribution is -2.52. The molecule has 4 atom stereocenters. The minimum Gasteiger partial charge on any atom is -0.394 e. The summed E-state index contributed by atoms with van der Waals surface area (Å²) in [6.07, 6.45) is -3.84. The largest absolute Gasteiger partial charge is 0.394 e. The monoisotopic (exact) mass is 356 g/mol. The Morgan fingerprint density at radius 2 is 1.31 bits per heavy atom. The van der Waals surface area contributed by atoms with Gasteiger partial charge in [-0.3, -0.25) is 0 Å². The number of rotatable bonds is 4. The predicted molar refractivity (Wildman–Crippen MR) is 99.1 cm³/mol. The van der Waals surface area contributed by atoms with Crippen LogP contribution in [0.2, 0.25) is 0 Å². The highest BCUT2D eigenvalue weighted by atomic mass is 16.6. The van der Waals surface area contributed by atoms with E-state index < -0.39 is 24.4 Å². The van der Waals surface area contributed by atoms with Crippen molar-refractivity contribution in [1.82, 2.24) is 0 Å². The van der Waals surface area contributed by atoms with Gasteiger partial charge in [-0.05, 0) is 24.3 Å². The Balaban J connectivity index is 1.71. The third kappa shape index (κ3) is 2.95. The van der Waals surface area contributed by atoms with Crippen LogP contribution in [-0.2, 0) is 4.74 Å². The molecule has 0 saturated carbocycles. The van der Waals surface area contributed by atoms with E-state index in [2.05, 4.69) is 9.80 Å². The SMILES string of the molecule is OC[C@H]1O[C@@H](C2N(c3ccccc3)CCN2c2ccccc2)[C@H](O)[C@@H]1O. The maximum atomic E-state index is 10.6. The zero-order valence-electron chi connectivity index (χ0n) is 14.4. The molecule has 0 radical (unpaired) electrons. The van der Waals surface area contributed by atoms with Crippen LogP contribution in [-0.4, -0.2) is 65.6 Å². The Labute approximate surface area is 152 Å². The molecule has 0 amide bonds. The van der Waals surface area contributed by atoms with Gasteiger partial charge in [-0.1, -0.05) is 36.4 Å². The summed E-state index contributed by atoms with van der Waals surface area (Å²) in [5, 5.41) is 30.3. The molecule has 0 spiro atoms. The zero-order chi connectivity index (χ0) is 18.1. The number of nitrogens with zero attached hydrogens (tertiary/aromatic N) is 2. The summed E-state index contributed by atoms with van der Waals surface area (Å²) in [7, 11) is 0. The maximum Gasteiger partial charge on any atom is 0.131 e. The van der Waals surface area contributed by atoms with Gasteiger partial charge in [0.2, 0.25) is 0 Å². The first kappa shape index (κ1) is 17.3. The third-order valence-electron chi connectivity index (χ3n) is 5.27. The molecule has 2 saturated heterocycles. The lowest BCUT2D eigenvalue weighted by molar-refractivity contribution is -0.0285. The summed E-state index contributed by atoms with van der Waals surface area (Å²) in [5.41, 5.74) is 2.07. The zero-order valence-corrected chi connectivity index (χ0v) is 14.4. The first-order valence-electron chi connectivity index (χ1n) is 8.96. The smallest absolute Gasteiger partial charge is 0.131 e. The van der Waals surface area contributed by atoms with Crippen LogP contribution in [0.15, 0.2) is 60.7 Å². The van der Waals surface area contributed by atoms with Crippen LogP contribution in [0, 0.1) is 0 Å². The van der Waals surface area contributed by atoms with E-state index >= 15 is 0 Å². The molecule has 2 aromatic carbocycles. The first-order valence-corrected chi connectivity index (χ1v) is 8.96. The molecule has 138 valence electrons. The van der Waals surface area contributed by atoms with Gasteiger partial charge in [-0.15, -0.1) is 0 Å². The van der Waals surface area contributed by atoms with Crippen molar-refractivity contribution in [2.75, 3.05) is 29.5 Å². The van der Waals surface area contributed by atoms with Crippen LogP contribution in [0.1, 0.15) is 0 Å². The van der Waals surface area contributed by atoms with Gasteiger partial charge in [0, 0.05) is 24.5 Å². The number of hydrogen-bond acceptors (Lipinski definition) is 6. The van der Waals surface area contributed by atoms with Crippen molar-refractivity contribution in [3.05, 3.63) is 60.7 Å². The summed E-state index contributed by atoms with van der Waals surface area (Å²) in [6, 6.07) is 20.0. The molecule has 0 bridgehead atoms. The molecule has 2 aliphatic rings. The summed E-state index contributed by atoms with van der Waals surface area (Å²) in [6.45, 7) is 1.23. The Hall–Kier alpha value is -2.12. The van der Waals surface area contributed by atoms with Crippen LogP contribution in [0.5, 0.6) is 0 Å². The second kappa shape index (κ2) is 7.25. The van der Waals surface area contributed by atoms with Crippen LogP contribution >= 0.6 is 0 Å². The molecule has 0 unspecified atom stereocenters. The molecular formula is C20H24N2O4. The summed E-state index contributed by atoms with van der Waals surface area (Å²) >= 11 is 0. The molecule has 0 aliphatic carbocycles. The highest BCUT2D eigenvalue weighted by Crippen LogP contribution is 2.35. The van der Waals surface area contributed by atoms with Gasteiger partial charge >= 0.3 is 0 Å². The Bertz CT molecular complexity index is 667. The van der Waals surface area contributed by atoms with Gasteiger partial charge in [0.15, 0.2) is 0 Å². The van der Waals surface area contributed by atoms with Crippen molar-refractivity contribution in [2.24, 2.45) is 0 Å². The number of aliphatic hydroxyl groups is 3. The molecule has 2 aliphatic heterocycles. The van der Waals surface area contributed by atoms with Crippen LogP contribution in [0.25, 0.3) is 0 Å². The van der Waals surface area contributed by atoms with E-state index in [1.54, 1.807) is 0 Å². The molecule has 2 fully saturated rings. The molecule has 26 heavy (non-hydrogen) atoms. The summed E-state index contributed by atoms with van der Waals surface area (Å²) in [4.78, 5) is 4.38. The van der Waals surface area contributed by atoms with Gasteiger partial charge < -0.3 is 29.9 Å². The number of anilines is 2. The number of para-hydroxylation sites is 2. The quantitative estimate of drug-likeness (QED) is 0.753. The number of benzene rings is 2. The van der Waals surface area contributed by atoms with E-state index in [1.807, 2.05) is 60.7 Å².